The molecule has 8 heteroatoms. The maximum atomic E-state index is 13.9. The van der Waals surface area contributed by atoms with Crippen molar-refractivity contribution in [3.8, 4) is 22.3 Å². The van der Waals surface area contributed by atoms with Gasteiger partial charge in [0.15, 0.2) is 0 Å². The smallest absolute Gasteiger partial charge is 0.274 e. The first-order valence-electron chi connectivity index (χ1n) is 12.5. The topological polar surface area (TPSA) is 84.1 Å². The Kier molecular flexibility index (Phi) is 7.26. The number of hydrogen-bond acceptors (Lipinski definition) is 5. The summed E-state index contributed by atoms with van der Waals surface area (Å²) in [7, 11) is 0. The Hall–Kier alpha value is -4.01. The zero-order valence-corrected chi connectivity index (χ0v) is 21.1. The Labute approximate surface area is 220 Å². The molecule has 5 rings (SSSR count). The molecule has 1 fully saturated rings. The molecule has 1 saturated heterocycles. The maximum Gasteiger partial charge on any atom is 0.274 e. The van der Waals surface area contributed by atoms with E-state index < -0.39 is 12.0 Å². The number of nitrogens with zero attached hydrogens (tertiary/aromatic N) is 3. The minimum absolute atomic E-state index is 0.0984. The number of aromatic nitrogens is 2. The first-order valence-corrected chi connectivity index (χ1v) is 12.5. The number of carbonyl (C=O) groups is 1. The Morgan fingerprint density at radius 3 is 2.55 bits per heavy atom. The highest BCUT2D eigenvalue weighted by atomic mass is 19.3. The molecular weight excluding hydrogens is 484 g/mol. The fourth-order valence-corrected chi connectivity index (χ4v) is 4.62. The molecule has 4 aromatic rings. The van der Waals surface area contributed by atoms with Gasteiger partial charge < -0.3 is 11.1 Å². The van der Waals surface area contributed by atoms with Crippen molar-refractivity contribution < 1.29 is 13.6 Å². The lowest BCUT2D eigenvalue weighted by Crippen LogP contribution is -2.54. The highest BCUT2D eigenvalue weighted by Gasteiger charge is 2.41. The molecule has 1 aliphatic heterocycles. The molecule has 38 heavy (non-hydrogen) atoms. The Bertz CT molecular complexity index is 1430. The molecule has 3 heterocycles. The van der Waals surface area contributed by atoms with Gasteiger partial charge in [-0.05, 0) is 65.6 Å². The molecule has 3 N–H and O–H groups in total. The van der Waals surface area contributed by atoms with Gasteiger partial charge in [-0.2, -0.15) is 0 Å². The summed E-state index contributed by atoms with van der Waals surface area (Å²) in [6, 6.07) is 21.8. The van der Waals surface area contributed by atoms with Crippen LogP contribution in [0.15, 0.2) is 85.2 Å². The van der Waals surface area contributed by atoms with Crippen LogP contribution in [0.25, 0.3) is 22.3 Å². The van der Waals surface area contributed by atoms with Crippen molar-refractivity contribution >= 4 is 11.6 Å². The molecule has 0 radical (unpaired) electrons. The third-order valence-corrected chi connectivity index (χ3v) is 6.76. The predicted molar refractivity (Wildman–Crippen MR) is 145 cm³/mol. The van der Waals surface area contributed by atoms with Gasteiger partial charge in [-0.25, -0.2) is 8.78 Å². The SMILES string of the molecule is Cc1ccc(-c2cc(CN3CCC(F)(F)[C@H](N)C3)cc(NC(=O)c3cc(-c4ccccc4)ccn3)c2)cn1. The van der Waals surface area contributed by atoms with Gasteiger partial charge in [-0.15, -0.1) is 0 Å². The number of halogens is 2. The number of aryl methyl sites for hydroxylation is 1. The fourth-order valence-electron chi connectivity index (χ4n) is 4.62. The molecule has 1 atom stereocenters. The van der Waals surface area contributed by atoms with E-state index in [2.05, 4.69) is 15.3 Å². The third kappa shape index (κ3) is 5.93. The normalized spacial score (nSPS) is 17.2. The molecule has 194 valence electrons. The molecule has 0 bridgehead atoms. The second-order valence-electron chi connectivity index (χ2n) is 9.71. The minimum atomic E-state index is -2.85. The summed E-state index contributed by atoms with van der Waals surface area (Å²) in [6.45, 7) is 2.69. The summed E-state index contributed by atoms with van der Waals surface area (Å²) in [4.78, 5) is 23.8. The van der Waals surface area contributed by atoms with Crippen LogP contribution in [0.3, 0.4) is 0 Å². The quantitative estimate of drug-likeness (QED) is 0.354. The van der Waals surface area contributed by atoms with Crippen molar-refractivity contribution in [1.29, 1.82) is 0 Å². The van der Waals surface area contributed by atoms with Crippen molar-refractivity contribution in [2.24, 2.45) is 5.73 Å². The Morgan fingerprint density at radius 1 is 1.00 bits per heavy atom. The number of likely N-dealkylation sites (tertiary alicyclic amines) is 1. The van der Waals surface area contributed by atoms with Crippen LogP contribution in [-0.4, -0.2) is 45.8 Å². The van der Waals surface area contributed by atoms with E-state index in [4.69, 9.17) is 5.73 Å². The van der Waals surface area contributed by atoms with Crippen LogP contribution < -0.4 is 11.1 Å². The highest BCUT2D eigenvalue weighted by molar-refractivity contribution is 6.03. The molecule has 6 nitrogen and oxygen atoms in total. The zero-order valence-electron chi connectivity index (χ0n) is 21.1. The van der Waals surface area contributed by atoms with E-state index in [1.54, 1.807) is 18.5 Å². The number of hydrogen-bond donors (Lipinski definition) is 2. The van der Waals surface area contributed by atoms with E-state index in [0.29, 0.717) is 17.9 Å². The van der Waals surface area contributed by atoms with Crippen LogP contribution in [0.2, 0.25) is 0 Å². The number of rotatable bonds is 6. The van der Waals surface area contributed by atoms with Gasteiger partial charge >= 0.3 is 0 Å². The molecule has 2 aromatic carbocycles. The Morgan fingerprint density at radius 2 is 1.82 bits per heavy atom. The predicted octanol–water partition coefficient (Wildman–Crippen LogP) is 5.54. The standard InChI is InChI=1S/C30H29F2N5O/c1-20-7-8-24(17-35-20)25-13-21(18-37-12-10-30(31,32)28(33)19-37)14-26(15-25)36-29(38)27-16-23(9-11-34-27)22-5-3-2-4-6-22/h2-9,11,13-17,28H,10,12,18-19,33H2,1H3,(H,36,38)/t28-/m1/s1. The minimum Gasteiger partial charge on any atom is -0.322 e. The summed E-state index contributed by atoms with van der Waals surface area (Å²) in [5, 5.41) is 2.97. The van der Waals surface area contributed by atoms with Gasteiger partial charge in [0.05, 0.1) is 6.04 Å². The molecule has 0 aliphatic carbocycles. The molecule has 1 aliphatic rings. The van der Waals surface area contributed by atoms with Gasteiger partial charge in [0.2, 0.25) is 0 Å². The van der Waals surface area contributed by atoms with Crippen molar-refractivity contribution in [3.63, 3.8) is 0 Å². The summed E-state index contributed by atoms with van der Waals surface area (Å²) >= 11 is 0. The number of amides is 1. The monoisotopic (exact) mass is 513 g/mol. The van der Waals surface area contributed by atoms with Gasteiger partial charge in [-0.3, -0.25) is 19.7 Å². The van der Waals surface area contributed by atoms with E-state index in [1.807, 2.05) is 78.6 Å². The number of carbonyl (C=O) groups excluding carboxylic acids is 1. The largest absolute Gasteiger partial charge is 0.322 e. The van der Waals surface area contributed by atoms with E-state index in [9.17, 15) is 13.6 Å². The van der Waals surface area contributed by atoms with Crippen LogP contribution in [-0.2, 0) is 6.54 Å². The summed E-state index contributed by atoms with van der Waals surface area (Å²) < 4.78 is 27.8. The van der Waals surface area contributed by atoms with E-state index in [1.165, 1.54) is 0 Å². The highest BCUT2D eigenvalue weighted by Crippen LogP contribution is 2.30. The molecule has 0 unspecified atom stereocenters. The number of pyridine rings is 2. The molecule has 0 saturated carbocycles. The lowest BCUT2D eigenvalue weighted by Gasteiger charge is -2.36. The Balaban J connectivity index is 1.42. The number of anilines is 1. The summed E-state index contributed by atoms with van der Waals surface area (Å²) in [5.41, 5.74) is 12.0. The number of piperidine rings is 1. The number of nitrogens with one attached hydrogen (secondary N) is 1. The van der Waals surface area contributed by atoms with E-state index in [-0.39, 0.29) is 25.4 Å². The lowest BCUT2D eigenvalue weighted by atomic mass is 9.99. The van der Waals surface area contributed by atoms with Crippen LogP contribution in [0, 0.1) is 6.92 Å². The molecule has 0 spiro atoms. The first kappa shape index (κ1) is 25.6. The van der Waals surface area contributed by atoms with E-state index in [0.717, 1.165) is 33.5 Å². The second kappa shape index (κ2) is 10.8. The van der Waals surface area contributed by atoms with Crippen molar-refractivity contribution in [1.82, 2.24) is 14.9 Å². The van der Waals surface area contributed by atoms with Crippen molar-refractivity contribution in [2.45, 2.75) is 31.9 Å². The molecule has 1 amide bonds. The van der Waals surface area contributed by atoms with Gasteiger partial charge in [-0.1, -0.05) is 36.4 Å². The number of alkyl halides is 2. The van der Waals surface area contributed by atoms with Crippen LogP contribution in [0.1, 0.15) is 28.2 Å². The van der Waals surface area contributed by atoms with Gasteiger partial charge in [0, 0.05) is 55.4 Å². The van der Waals surface area contributed by atoms with Gasteiger partial charge in [0.25, 0.3) is 11.8 Å². The average Bonchev–Trinajstić information content (AvgIpc) is 2.92. The number of benzene rings is 2. The second-order valence-corrected chi connectivity index (χ2v) is 9.71. The fraction of sp³-hybridized carbons (Fsp3) is 0.233. The maximum absolute atomic E-state index is 13.9. The van der Waals surface area contributed by atoms with Crippen molar-refractivity contribution in [2.75, 3.05) is 18.4 Å². The lowest BCUT2D eigenvalue weighted by molar-refractivity contribution is -0.0738. The summed E-state index contributed by atoms with van der Waals surface area (Å²) in [6.07, 6.45) is 3.12. The summed E-state index contributed by atoms with van der Waals surface area (Å²) in [5.74, 6) is -3.20. The molecular formula is C30H29F2N5O. The molecule has 2 aromatic heterocycles. The van der Waals surface area contributed by atoms with E-state index >= 15 is 0 Å². The van der Waals surface area contributed by atoms with Crippen LogP contribution in [0.4, 0.5) is 14.5 Å². The van der Waals surface area contributed by atoms with Gasteiger partial charge in [0.1, 0.15) is 5.69 Å². The first-order chi connectivity index (χ1) is 18.3. The van der Waals surface area contributed by atoms with Crippen LogP contribution in [0.5, 0.6) is 0 Å². The average molecular weight is 514 g/mol. The third-order valence-electron chi connectivity index (χ3n) is 6.76. The zero-order chi connectivity index (χ0) is 26.7. The number of nitrogens with two attached hydrogens (primary N) is 1. The van der Waals surface area contributed by atoms with Crippen LogP contribution >= 0.6 is 0 Å². The van der Waals surface area contributed by atoms with Crippen molar-refractivity contribution in [3.05, 3.63) is 102 Å².